The average molecular weight is 466 g/mol. The fourth-order valence-corrected chi connectivity index (χ4v) is 5.48. The van der Waals surface area contributed by atoms with Crippen molar-refractivity contribution in [3.63, 3.8) is 0 Å². The van der Waals surface area contributed by atoms with Gasteiger partial charge in [0.1, 0.15) is 5.75 Å². The highest BCUT2D eigenvalue weighted by molar-refractivity contribution is 6.10. The number of hydrogen-bond acceptors (Lipinski definition) is 3. The molecule has 4 heteroatoms. The molecule has 0 saturated heterocycles. The Morgan fingerprint density at radius 3 is 2.43 bits per heavy atom. The number of nitrogens with zero attached hydrogens (tertiary/aromatic N) is 1. The van der Waals surface area contributed by atoms with Gasteiger partial charge in [0.15, 0.2) is 0 Å². The van der Waals surface area contributed by atoms with Crippen molar-refractivity contribution in [1.29, 1.82) is 0 Å². The van der Waals surface area contributed by atoms with E-state index in [1.807, 2.05) is 25.1 Å². The van der Waals surface area contributed by atoms with Gasteiger partial charge in [0, 0.05) is 18.5 Å². The predicted octanol–water partition coefficient (Wildman–Crippen LogP) is 6.90. The van der Waals surface area contributed by atoms with Crippen LogP contribution in [0.15, 0.2) is 89.6 Å². The molecule has 178 valence electrons. The number of benzene rings is 3. The van der Waals surface area contributed by atoms with Gasteiger partial charge in [-0.05, 0) is 65.1 Å². The van der Waals surface area contributed by atoms with Crippen LogP contribution < -0.4 is 4.74 Å². The maximum Gasteiger partial charge on any atom is 0.307 e. The van der Waals surface area contributed by atoms with Gasteiger partial charge in [-0.3, -0.25) is 9.79 Å². The van der Waals surface area contributed by atoms with Crippen LogP contribution in [0.2, 0.25) is 0 Å². The second-order valence-corrected chi connectivity index (χ2v) is 9.35. The van der Waals surface area contributed by atoms with Crippen molar-refractivity contribution in [2.75, 3.05) is 6.61 Å². The first-order chi connectivity index (χ1) is 17.1. The number of carbonyl (C=O) groups is 1. The number of allylic oxidation sites excluding steroid dienone is 1. The molecule has 1 aliphatic heterocycles. The first-order valence-corrected chi connectivity index (χ1v) is 12.5. The SMILES string of the molecule is CCC(C(=O)O)C1CCc2cc(OCCC3=C(c4ccccc4)CC(c4ccccc4)=N3)ccc21. The second-order valence-electron chi connectivity index (χ2n) is 9.35. The second kappa shape index (κ2) is 10.3. The summed E-state index contributed by atoms with van der Waals surface area (Å²) in [5.74, 6) is -0.0603. The molecule has 2 aliphatic rings. The molecular weight excluding hydrogens is 434 g/mol. The minimum absolute atomic E-state index is 0.101. The molecule has 0 spiro atoms. The van der Waals surface area contributed by atoms with Crippen molar-refractivity contribution >= 4 is 17.3 Å². The topological polar surface area (TPSA) is 58.9 Å². The van der Waals surface area contributed by atoms with Crippen LogP contribution in [0, 0.1) is 5.92 Å². The molecule has 5 rings (SSSR count). The van der Waals surface area contributed by atoms with Gasteiger partial charge in [-0.15, -0.1) is 0 Å². The quantitative estimate of drug-likeness (QED) is 0.374. The molecule has 3 aromatic rings. The molecule has 0 amide bonds. The summed E-state index contributed by atoms with van der Waals surface area (Å²) in [7, 11) is 0. The van der Waals surface area contributed by atoms with E-state index in [0.717, 1.165) is 48.4 Å². The van der Waals surface area contributed by atoms with Gasteiger partial charge in [-0.1, -0.05) is 73.7 Å². The Kier molecular flexibility index (Phi) is 6.80. The van der Waals surface area contributed by atoms with Crippen LogP contribution in [0.1, 0.15) is 60.8 Å². The lowest BCUT2D eigenvalue weighted by molar-refractivity contribution is -0.142. The third kappa shape index (κ3) is 4.93. The lowest BCUT2D eigenvalue weighted by Crippen LogP contribution is -2.19. The van der Waals surface area contributed by atoms with Crippen LogP contribution in [0.5, 0.6) is 5.75 Å². The number of aryl methyl sites for hydroxylation is 1. The van der Waals surface area contributed by atoms with Crippen LogP contribution >= 0.6 is 0 Å². The molecule has 4 nitrogen and oxygen atoms in total. The molecule has 0 aromatic heterocycles. The summed E-state index contributed by atoms with van der Waals surface area (Å²) >= 11 is 0. The van der Waals surface area contributed by atoms with Crippen molar-refractivity contribution in [2.24, 2.45) is 10.9 Å². The zero-order chi connectivity index (χ0) is 24.2. The molecule has 0 bridgehead atoms. The third-order valence-corrected chi connectivity index (χ3v) is 7.28. The van der Waals surface area contributed by atoms with E-state index in [1.54, 1.807) is 0 Å². The van der Waals surface area contributed by atoms with Crippen molar-refractivity contribution in [1.82, 2.24) is 0 Å². The van der Waals surface area contributed by atoms with Crippen LogP contribution in [-0.4, -0.2) is 23.4 Å². The zero-order valence-electron chi connectivity index (χ0n) is 20.1. The predicted molar refractivity (Wildman–Crippen MR) is 140 cm³/mol. The van der Waals surface area contributed by atoms with Gasteiger partial charge in [0.2, 0.25) is 0 Å². The van der Waals surface area contributed by atoms with Gasteiger partial charge < -0.3 is 9.84 Å². The van der Waals surface area contributed by atoms with E-state index in [4.69, 9.17) is 9.73 Å². The Labute approximate surface area is 207 Å². The maximum absolute atomic E-state index is 11.7. The van der Waals surface area contributed by atoms with E-state index in [1.165, 1.54) is 22.3 Å². The molecule has 0 fully saturated rings. The molecule has 1 N–H and O–H groups in total. The Morgan fingerprint density at radius 2 is 1.74 bits per heavy atom. The summed E-state index contributed by atoms with van der Waals surface area (Å²) < 4.78 is 6.17. The molecule has 0 saturated carbocycles. The molecule has 1 heterocycles. The Hall–Kier alpha value is -3.66. The number of fused-ring (bicyclic) bond motifs is 1. The van der Waals surface area contributed by atoms with Gasteiger partial charge in [-0.25, -0.2) is 0 Å². The molecule has 2 atom stereocenters. The summed E-state index contributed by atoms with van der Waals surface area (Å²) in [6, 6.07) is 27.0. The van der Waals surface area contributed by atoms with E-state index in [-0.39, 0.29) is 11.8 Å². The van der Waals surface area contributed by atoms with Gasteiger partial charge >= 0.3 is 5.97 Å². The molecule has 3 aromatic carbocycles. The lowest BCUT2D eigenvalue weighted by atomic mass is 9.85. The minimum Gasteiger partial charge on any atom is -0.493 e. The Bertz CT molecular complexity index is 1260. The summed E-state index contributed by atoms with van der Waals surface area (Å²) in [6.07, 6.45) is 4.02. The van der Waals surface area contributed by atoms with E-state index < -0.39 is 5.97 Å². The number of rotatable bonds is 9. The fraction of sp³-hybridized carbons (Fsp3) is 0.290. The van der Waals surface area contributed by atoms with Crippen LogP contribution in [-0.2, 0) is 11.2 Å². The number of aliphatic carboxylic acids is 1. The highest BCUT2D eigenvalue weighted by Gasteiger charge is 2.33. The number of hydrogen-bond donors (Lipinski definition) is 1. The highest BCUT2D eigenvalue weighted by Crippen LogP contribution is 2.41. The van der Waals surface area contributed by atoms with Crippen molar-refractivity contribution < 1.29 is 14.6 Å². The first-order valence-electron chi connectivity index (χ1n) is 12.5. The van der Waals surface area contributed by atoms with E-state index in [9.17, 15) is 9.90 Å². The summed E-state index contributed by atoms with van der Waals surface area (Å²) in [4.78, 5) is 16.7. The molecule has 1 aliphatic carbocycles. The van der Waals surface area contributed by atoms with Gasteiger partial charge in [0.25, 0.3) is 0 Å². The number of ether oxygens (including phenoxy) is 1. The fourth-order valence-electron chi connectivity index (χ4n) is 5.48. The summed E-state index contributed by atoms with van der Waals surface area (Å²) in [5, 5.41) is 9.59. The van der Waals surface area contributed by atoms with E-state index >= 15 is 0 Å². The lowest BCUT2D eigenvalue weighted by Gasteiger charge is -2.19. The van der Waals surface area contributed by atoms with Gasteiger partial charge in [-0.2, -0.15) is 0 Å². The smallest absolute Gasteiger partial charge is 0.307 e. The number of carboxylic acid groups (broad SMARTS) is 1. The normalized spacial score (nSPS) is 17.7. The van der Waals surface area contributed by atoms with Crippen molar-refractivity contribution in [3.8, 4) is 5.75 Å². The molecule has 2 unspecified atom stereocenters. The van der Waals surface area contributed by atoms with Gasteiger partial charge in [0.05, 0.1) is 18.2 Å². The molecule has 35 heavy (non-hydrogen) atoms. The number of aliphatic imine (C=N–C) groups is 1. The van der Waals surface area contributed by atoms with Crippen molar-refractivity contribution in [3.05, 3.63) is 107 Å². The Balaban J connectivity index is 1.30. The van der Waals surface area contributed by atoms with Crippen LogP contribution in [0.3, 0.4) is 0 Å². The van der Waals surface area contributed by atoms with E-state index in [2.05, 4.69) is 60.7 Å². The third-order valence-electron chi connectivity index (χ3n) is 7.28. The summed E-state index contributed by atoms with van der Waals surface area (Å²) in [6.45, 7) is 2.51. The largest absolute Gasteiger partial charge is 0.493 e. The molecular formula is C31H31NO3. The highest BCUT2D eigenvalue weighted by atomic mass is 16.5. The standard InChI is InChI=1S/C31H31NO3/c1-2-25(31(33)34)27-15-13-23-19-24(14-16-26(23)27)35-18-17-29-28(21-9-5-3-6-10-21)20-30(32-29)22-11-7-4-8-12-22/h3-12,14,16,19,25,27H,2,13,15,17-18,20H2,1H3,(H,33,34). The van der Waals surface area contributed by atoms with E-state index in [0.29, 0.717) is 13.0 Å². The first kappa shape index (κ1) is 23.1. The van der Waals surface area contributed by atoms with Crippen molar-refractivity contribution in [2.45, 2.75) is 44.9 Å². The molecule has 0 radical (unpaired) electrons. The average Bonchev–Trinajstić information content (AvgIpc) is 3.50. The Morgan fingerprint density at radius 1 is 1.03 bits per heavy atom. The zero-order valence-corrected chi connectivity index (χ0v) is 20.1. The summed E-state index contributed by atoms with van der Waals surface area (Å²) in [5.41, 5.74) is 8.23. The minimum atomic E-state index is -0.694. The monoisotopic (exact) mass is 465 g/mol. The number of carboxylic acids is 1. The maximum atomic E-state index is 11.7. The van der Waals surface area contributed by atoms with Crippen LogP contribution in [0.4, 0.5) is 0 Å². The van der Waals surface area contributed by atoms with Crippen LogP contribution in [0.25, 0.3) is 5.57 Å².